The Kier molecular flexibility index (Phi) is 3.41. The van der Waals surface area contributed by atoms with Crippen molar-refractivity contribution in [3.8, 4) is 0 Å². The fourth-order valence-corrected chi connectivity index (χ4v) is 3.78. The number of aliphatic hydroxyl groups is 1. The highest BCUT2D eigenvalue weighted by molar-refractivity contribution is 5.44. The minimum atomic E-state index is -0.702. The molecule has 0 radical (unpaired) electrons. The van der Waals surface area contributed by atoms with Crippen molar-refractivity contribution in [1.29, 1.82) is 0 Å². The van der Waals surface area contributed by atoms with Gasteiger partial charge in [-0.3, -0.25) is 0 Å². The molecule has 0 saturated carbocycles. The third-order valence-electron chi connectivity index (χ3n) is 4.88. The van der Waals surface area contributed by atoms with E-state index in [0.717, 1.165) is 24.8 Å². The van der Waals surface area contributed by atoms with Gasteiger partial charge in [0.25, 0.3) is 0 Å². The van der Waals surface area contributed by atoms with E-state index in [1.165, 1.54) is 33.4 Å². The van der Waals surface area contributed by atoms with Gasteiger partial charge in [0.1, 0.15) is 0 Å². The number of rotatable bonds is 2. The highest BCUT2D eigenvalue weighted by Gasteiger charge is 2.37. The van der Waals surface area contributed by atoms with E-state index in [0.29, 0.717) is 0 Å². The zero-order chi connectivity index (χ0) is 15.2. The number of hydrogen-bond donors (Lipinski definition) is 1. The quantitative estimate of drug-likeness (QED) is 0.869. The molecular formula is C20H24O. The van der Waals surface area contributed by atoms with Crippen LogP contribution in [-0.2, 0) is 18.4 Å². The lowest BCUT2D eigenvalue weighted by Gasteiger charge is -2.26. The Balaban J connectivity index is 2.02. The van der Waals surface area contributed by atoms with Gasteiger partial charge in [0.2, 0.25) is 0 Å². The molecule has 1 atom stereocenters. The molecule has 0 saturated heterocycles. The van der Waals surface area contributed by atoms with Gasteiger partial charge in [-0.25, -0.2) is 0 Å². The first-order valence-electron chi connectivity index (χ1n) is 7.78. The van der Waals surface area contributed by atoms with Gasteiger partial charge in [0.05, 0.1) is 5.60 Å². The van der Waals surface area contributed by atoms with Crippen molar-refractivity contribution in [3.63, 3.8) is 0 Å². The van der Waals surface area contributed by atoms with Crippen molar-refractivity contribution in [2.45, 2.75) is 52.6 Å². The molecule has 1 heteroatoms. The number of fused-ring (bicyclic) bond motifs is 1. The third-order valence-corrected chi connectivity index (χ3v) is 4.88. The average molecular weight is 280 g/mol. The van der Waals surface area contributed by atoms with Gasteiger partial charge >= 0.3 is 0 Å². The van der Waals surface area contributed by atoms with Crippen LogP contribution in [0.25, 0.3) is 0 Å². The van der Waals surface area contributed by atoms with Crippen LogP contribution in [0.15, 0.2) is 30.3 Å². The summed E-state index contributed by atoms with van der Waals surface area (Å²) in [6.45, 7) is 8.55. The van der Waals surface area contributed by atoms with Crippen LogP contribution >= 0.6 is 0 Å². The molecule has 1 aliphatic carbocycles. The minimum Gasteiger partial charge on any atom is -0.385 e. The monoisotopic (exact) mass is 280 g/mol. The Morgan fingerprint density at radius 1 is 0.952 bits per heavy atom. The molecule has 0 aromatic heterocycles. The molecule has 0 spiro atoms. The van der Waals surface area contributed by atoms with Crippen LogP contribution in [-0.4, -0.2) is 5.11 Å². The summed E-state index contributed by atoms with van der Waals surface area (Å²) in [4.78, 5) is 0. The lowest BCUT2D eigenvalue weighted by molar-refractivity contribution is 0.0386. The highest BCUT2D eigenvalue weighted by Crippen LogP contribution is 2.40. The zero-order valence-corrected chi connectivity index (χ0v) is 13.5. The minimum absolute atomic E-state index is 0.702. The molecule has 2 aromatic carbocycles. The first-order valence-corrected chi connectivity index (χ1v) is 7.78. The van der Waals surface area contributed by atoms with Gasteiger partial charge in [-0.2, -0.15) is 0 Å². The van der Waals surface area contributed by atoms with Crippen molar-refractivity contribution >= 4 is 0 Å². The molecule has 0 fully saturated rings. The molecule has 0 heterocycles. The Bertz CT molecular complexity index is 676. The fraction of sp³-hybridized carbons (Fsp3) is 0.400. The Labute approximate surface area is 127 Å². The summed E-state index contributed by atoms with van der Waals surface area (Å²) in [5.74, 6) is 0. The highest BCUT2D eigenvalue weighted by atomic mass is 16.3. The van der Waals surface area contributed by atoms with Crippen LogP contribution in [0, 0.1) is 27.7 Å². The summed E-state index contributed by atoms with van der Waals surface area (Å²) in [6.07, 6.45) is 2.54. The smallest absolute Gasteiger partial charge is 0.0942 e. The molecule has 2 aromatic rings. The second-order valence-corrected chi connectivity index (χ2v) is 6.75. The van der Waals surface area contributed by atoms with E-state index in [1.807, 2.05) is 0 Å². The van der Waals surface area contributed by atoms with Crippen LogP contribution in [0.2, 0.25) is 0 Å². The van der Waals surface area contributed by atoms with Crippen molar-refractivity contribution in [1.82, 2.24) is 0 Å². The maximum Gasteiger partial charge on any atom is 0.0942 e. The van der Waals surface area contributed by atoms with E-state index < -0.39 is 5.60 Å². The topological polar surface area (TPSA) is 20.2 Å². The summed E-state index contributed by atoms with van der Waals surface area (Å²) in [6, 6.07) is 10.9. The molecular weight excluding hydrogens is 256 g/mol. The molecule has 1 aliphatic rings. The van der Waals surface area contributed by atoms with E-state index in [-0.39, 0.29) is 0 Å². The van der Waals surface area contributed by atoms with E-state index in [4.69, 9.17) is 0 Å². The van der Waals surface area contributed by atoms with Gasteiger partial charge in [-0.1, -0.05) is 41.5 Å². The molecule has 0 bridgehead atoms. The van der Waals surface area contributed by atoms with Gasteiger partial charge < -0.3 is 5.11 Å². The number of benzene rings is 2. The Hall–Kier alpha value is -1.60. The van der Waals surface area contributed by atoms with Crippen LogP contribution in [0.3, 0.4) is 0 Å². The van der Waals surface area contributed by atoms with Crippen LogP contribution in [0.1, 0.15) is 45.4 Å². The summed E-state index contributed by atoms with van der Waals surface area (Å²) in [5.41, 5.74) is 8.16. The number of hydrogen-bond acceptors (Lipinski definition) is 1. The Morgan fingerprint density at radius 3 is 2.29 bits per heavy atom. The first kappa shape index (κ1) is 14.3. The predicted molar refractivity (Wildman–Crippen MR) is 87.8 cm³/mol. The predicted octanol–water partition coefficient (Wildman–Crippen LogP) is 4.30. The summed E-state index contributed by atoms with van der Waals surface area (Å²) >= 11 is 0. The van der Waals surface area contributed by atoms with Crippen LogP contribution < -0.4 is 0 Å². The second-order valence-electron chi connectivity index (χ2n) is 6.75. The fourth-order valence-electron chi connectivity index (χ4n) is 3.78. The van der Waals surface area contributed by atoms with Gasteiger partial charge in [0.15, 0.2) is 0 Å². The molecule has 0 aliphatic heterocycles. The Morgan fingerprint density at radius 2 is 1.62 bits per heavy atom. The molecule has 21 heavy (non-hydrogen) atoms. The van der Waals surface area contributed by atoms with E-state index >= 15 is 0 Å². The SMILES string of the molecule is Cc1cc(C)c(CC2(O)CCc3ccc(C)cc32)c(C)c1. The third kappa shape index (κ3) is 2.51. The largest absolute Gasteiger partial charge is 0.385 e. The molecule has 0 amide bonds. The van der Waals surface area contributed by atoms with Crippen molar-refractivity contribution in [2.24, 2.45) is 0 Å². The van der Waals surface area contributed by atoms with E-state index in [9.17, 15) is 5.11 Å². The normalized spacial score (nSPS) is 20.6. The number of aryl methyl sites for hydroxylation is 5. The van der Waals surface area contributed by atoms with Gasteiger partial charge in [-0.05, 0) is 68.4 Å². The molecule has 1 unspecified atom stereocenters. The second kappa shape index (κ2) is 4.99. The summed E-state index contributed by atoms with van der Waals surface area (Å²) in [7, 11) is 0. The molecule has 1 nitrogen and oxygen atoms in total. The molecule has 110 valence electrons. The lowest BCUT2D eigenvalue weighted by atomic mass is 9.84. The average Bonchev–Trinajstić information content (AvgIpc) is 2.72. The molecule has 1 N–H and O–H groups in total. The summed E-state index contributed by atoms with van der Waals surface area (Å²) in [5, 5.41) is 11.2. The van der Waals surface area contributed by atoms with Crippen molar-refractivity contribution in [2.75, 3.05) is 0 Å². The van der Waals surface area contributed by atoms with E-state index in [1.54, 1.807) is 0 Å². The lowest BCUT2D eigenvalue weighted by Crippen LogP contribution is -2.26. The van der Waals surface area contributed by atoms with Crippen LogP contribution in [0.4, 0.5) is 0 Å². The van der Waals surface area contributed by atoms with E-state index in [2.05, 4.69) is 58.0 Å². The van der Waals surface area contributed by atoms with Crippen molar-refractivity contribution in [3.05, 3.63) is 69.3 Å². The standard InChI is InChI=1S/C20H24O/c1-13-5-6-17-7-8-20(21,19(17)11-13)12-18-15(3)9-14(2)10-16(18)4/h5-6,9-11,21H,7-8,12H2,1-4H3. The molecule has 3 rings (SSSR count). The van der Waals surface area contributed by atoms with Gasteiger partial charge in [0, 0.05) is 6.42 Å². The maximum absolute atomic E-state index is 11.2. The maximum atomic E-state index is 11.2. The summed E-state index contributed by atoms with van der Waals surface area (Å²) < 4.78 is 0. The van der Waals surface area contributed by atoms with Crippen molar-refractivity contribution < 1.29 is 5.11 Å². The van der Waals surface area contributed by atoms with Gasteiger partial charge in [-0.15, -0.1) is 0 Å². The first-order chi connectivity index (χ1) is 9.89. The zero-order valence-electron chi connectivity index (χ0n) is 13.5. The van der Waals surface area contributed by atoms with Crippen LogP contribution in [0.5, 0.6) is 0 Å².